The zero-order valence-electron chi connectivity index (χ0n) is 13.2. The highest BCUT2D eigenvalue weighted by Gasteiger charge is 2.13. The lowest BCUT2D eigenvalue weighted by Gasteiger charge is -2.03. The van der Waals surface area contributed by atoms with Crippen LogP contribution in [0, 0.1) is 18.2 Å². The van der Waals surface area contributed by atoms with Crippen LogP contribution in [0.15, 0.2) is 58.0 Å². The van der Waals surface area contributed by atoms with E-state index >= 15 is 0 Å². The van der Waals surface area contributed by atoms with Gasteiger partial charge in [-0.2, -0.15) is 0 Å². The molecule has 0 N–H and O–H groups in total. The summed E-state index contributed by atoms with van der Waals surface area (Å²) >= 11 is 0. The fourth-order valence-electron chi connectivity index (χ4n) is 2.44. The van der Waals surface area contributed by atoms with Gasteiger partial charge in [-0.25, -0.2) is 14.2 Å². The number of hydrogen-bond acceptors (Lipinski definition) is 6. The normalized spacial score (nSPS) is 10.6. The number of hydrogen-bond donors (Lipinski definition) is 0. The van der Waals surface area contributed by atoms with E-state index in [-0.39, 0.29) is 28.1 Å². The molecule has 0 aliphatic rings. The van der Waals surface area contributed by atoms with Gasteiger partial charge in [0.1, 0.15) is 11.5 Å². The second kappa shape index (κ2) is 6.18. The molecule has 124 valence electrons. The average molecular weight is 344 g/mol. The Morgan fingerprint density at radius 2 is 1.77 bits per heavy atom. The van der Waals surface area contributed by atoms with Crippen LogP contribution < -0.4 is 5.63 Å². The Bertz CT molecular complexity index is 1210. The van der Waals surface area contributed by atoms with Gasteiger partial charge in [-0.15, -0.1) is 16.6 Å². The number of fused-ring (bicyclic) bond motifs is 1. The smallest absolute Gasteiger partial charge is 0.347 e. The van der Waals surface area contributed by atoms with Crippen LogP contribution in [0.2, 0.25) is 0 Å². The minimum Gasteiger partial charge on any atom is -0.401 e. The van der Waals surface area contributed by atoms with Gasteiger partial charge in [-0.3, -0.25) is 4.98 Å². The van der Waals surface area contributed by atoms with Crippen molar-refractivity contribution in [2.45, 2.75) is 0 Å². The van der Waals surface area contributed by atoms with Crippen molar-refractivity contribution in [1.82, 2.24) is 20.2 Å². The van der Waals surface area contributed by atoms with Crippen LogP contribution in [0.5, 0.6) is 0 Å². The molecule has 0 bridgehead atoms. The molecule has 0 spiro atoms. The van der Waals surface area contributed by atoms with Crippen LogP contribution in [0.1, 0.15) is 5.56 Å². The SMILES string of the molecule is C#Cc1cc2nc(-c3ccc(-c4ccncc4)nn3)oc(=O)c2cc1F. The van der Waals surface area contributed by atoms with Gasteiger partial charge in [0.05, 0.1) is 22.2 Å². The van der Waals surface area contributed by atoms with Gasteiger partial charge in [-0.05, 0) is 36.4 Å². The molecule has 3 heterocycles. The maximum atomic E-state index is 13.8. The third-order valence-corrected chi connectivity index (χ3v) is 3.73. The van der Waals surface area contributed by atoms with E-state index in [0.717, 1.165) is 11.6 Å². The number of benzene rings is 1. The fraction of sp³-hybridized carbons (Fsp3) is 0. The molecule has 0 amide bonds. The Morgan fingerprint density at radius 1 is 1.04 bits per heavy atom. The number of pyridine rings is 1. The first-order valence-corrected chi connectivity index (χ1v) is 7.51. The zero-order chi connectivity index (χ0) is 18.1. The van der Waals surface area contributed by atoms with Gasteiger partial charge < -0.3 is 4.42 Å². The molecule has 0 saturated heterocycles. The van der Waals surface area contributed by atoms with Crippen molar-refractivity contribution >= 4 is 10.9 Å². The van der Waals surface area contributed by atoms with Crippen molar-refractivity contribution in [1.29, 1.82) is 0 Å². The lowest BCUT2D eigenvalue weighted by molar-refractivity contribution is 0.514. The second-order valence-corrected chi connectivity index (χ2v) is 5.34. The van der Waals surface area contributed by atoms with Crippen LogP contribution in [0.3, 0.4) is 0 Å². The largest absolute Gasteiger partial charge is 0.401 e. The molecule has 1 aromatic carbocycles. The summed E-state index contributed by atoms with van der Waals surface area (Å²) in [6, 6.07) is 9.30. The Morgan fingerprint density at radius 3 is 2.46 bits per heavy atom. The first kappa shape index (κ1) is 15.6. The van der Waals surface area contributed by atoms with E-state index in [4.69, 9.17) is 10.8 Å². The number of aromatic nitrogens is 4. The molecule has 0 aliphatic heterocycles. The lowest BCUT2D eigenvalue weighted by Crippen LogP contribution is -2.05. The molecule has 0 aliphatic carbocycles. The van der Waals surface area contributed by atoms with Crippen molar-refractivity contribution in [3.8, 4) is 35.2 Å². The van der Waals surface area contributed by atoms with Crippen molar-refractivity contribution in [3.63, 3.8) is 0 Å². The van der Waals surface area contributed by atoms with Crippen molar-refractivity contribution in [3.05, 3.63) is 70.6 Å². The van der Waals surface area contributed by atoms with Gasteiger partial charge in [0.2, 0.25) is 0 Å². The van der Waals surface area contributed by atoms with Gasteiger partial charge in [0, 0.05) is 18.0 Å². The van der Waals surface area contributed by atoms with Gasteiger partial charge in [-0.1, -0.05) is 5.92 Å². The predicted molar refractivity (Wildman–Crippen MR) is 92.4 cm³/mol. The maximum Gasteiger partial charge on any atom is 0.347 e. The molecular weight excluding hydrogens is 335 g/mol. The van der Waals surface area contributed by atoms with E-state index in [2.05, 4.69) is 26.1 Å². The third kappa shape index (κ3) is 2.70. The molecule has 4 aromatic rings. The highest BCUT2D eigenvalue weighted by molar-refractivity contribution is 5.80. The zero-order valence-corrected chi connectivity index (χ0v) is 13.2. The van der Waals surface area contributed by atoms with Crippen LogP contribution in [-0.2, 0) is 0 Å². The van der Waals surface area contributed by atoms with E-state index in [1.54, 1.807) is 36.7 Å². The summed E-state index contributed by atoms with van der Waals surface area (Å²) in [6.45, 7) is 0. The average Bonchev–Trinajstić information content (AvgIpc) is 2.69. The summed E-state index contributed by atoms with van der Waals surface area (Å²) in [4.78, 5) is 20.3. The van der Waals surface area contributed by atoms with Crippen molar-refractivity contribution in [2.75, 3.05) is 0 Å². The Labute approximate surface area is 146 Å². The molecule has 0 fully saturated rings. The first-order chi connectivity index (χ1) is 12.7. The molecule has 3 aromatic heterocycles. The minimum atomic E-state index is -0.729. The quantitative estimate of drug-likeness (QED) is 0.520. The molecular formula is C19H9FN4O2. The molecule has 0 radical (unpaired) electrons. The Hall–Kier alpha value is -3.92. The molecule has 0 unspecified atom stereocenters. The summed E-state index contributed by atoms with van der Waals surface area (Å²) < 4.78 is 18.9. The minimum absolute atomic E-state index is 0.00612. The first-order valence-electron chi connectivity index (χ1n) is 7.51. The van der Waals surface area contributed by atoms with Gasteiger partial charge in [0.15, 0.2) is 0 Å². The Kier molecular flexibility index (Phi) is 3.71. The molecule has 0 atom stereocenters. The van der Waals surface area contributed by atoms with Crippen molar-refractivity contribution in [2.24, 2.45) is 0 Å². The summed E-state index contributed by atoms with van der Waals surface area (Å²) in [5, 5.41) is 8.17. The van der Waals surface area contributed by atoms with Crippen LogP contribution >= 0.6 is 0 Å². The predicted octanol–water partition coefficient (Wildman–Crippen LogP) is 2.83. The number of terminal acetylenes is 1. The topological polar surface area (TPSA) is 81.8 Å². The highest BCUT2D eigenvalue weighted by atomic mass is 19.1. The molecule has 6 nitrogen and oxygen atoms in total. The van der Waals surface area contributed by atoms with E-state index < -0.39 is 11.4 Å². The van der Waals surface area contributed by atoms with E-state index in [0.29, 0.717) is 5.69 Å². The monoisotopic (exact) mass is 344 g/mol. The second-order valence-electron chi connectivity index (χ2n) is 5.34. The number of nitrogens with zero attached hydrogens (tertiary/aromatic N) is 4. The van der Waals surface area contributed by atoms with Crippen LogP contribution in [-0.4, -0.2) is 20.2 Å². The molecule has 4 rings (SSSR count). The van der Waals surface area contributed by atoms with E-state index in [9.17, 15) is 9.18 Å². The van der Waals surface area contributed by atoms with Crippen LogP contribution in [0.4, 0.5) is 4.39 Å². The Balaban J connectivity index is 1.81. The van der Waals surface area contributed by atoms with Gasteiger partial charge in [0.25, 0.3) is 5.89 Å². The number of halogens is 1. The summed E-state index contributed by atoms with van der Waals surface area (Å²) in [5.74, 6) is 1.51. The fourth-order valence-corrected chi connectivity index (χ4v) is 2.44. The maximum absolute atomic E-state index is 13.8. The molecule has 26 heavy (non-hydrogen) atoms. The molecule has 0 saturated carbocycles. The van der Waals surface area contributed by atoms with Crippen molar-refractivity contribution < 1.29 is 8.81 Å². The van der Waals surface area contributed by atoms with Crippen LogP contribution in [0.25, 0.3) is 33.7 Å². The van der Waals surface area contributed by atoms with Gasteiger partial charge >= 0.3 is 5.63 Å². The molecule has 7 heteroatoms. The third-order valence-electron chi connectivity index (χ3n) is 3.73. The summed E-state index contributed by atoms with van der Waals surface area (Å²) in [7, 11) is 0. The number of rotatable bonds is 2. The van der Waals surface area contributed by atoms with E-state index in [1.165, 1.54) is 6.07 Å². The highest BCUT2D eigenvalue weighted by Crippen LogP contribution is 2.21. The standard InChI is InChI=1S/C19H9FN4O2/c1-2-11-9-17-13(10-14(11)20)19(25)26-18(22-17)16-4-3-15(23-24-16)12-5-7-21-8-6-12/h1,3-10H. The lowest BCUT2D eigenvalue weighted by atomic mass is 10.1. The summed E-state index contributed by atoms with van der Waals surface area (Å²) in [6.07, 6.45) is 8.55. The summed E-state index contributed by atoms with van der Waals surface area (Å²) in [5.41, 5.74) is 1.27. The van der Waals surface area contributed by atoms with E-state index in [1.807, 2.05) is 0 Å².